The van der Waals surface area contributed by atoms with Gasteiger partial charge in [-0.3, -0.25) is 0 Å². The van der Waals surface area contributed by atoms with Crippen LogP contribution in [0.3, 0.4) is 0 Å². The zero-order chi connectivity index (χ0) is 15.7. The first kappa shape index (κ1) is 17.3. The second-order valence-corrected chi connectivity index (χ2v) is 4.21. The summed E-state index contributed by atoms with van der Waals surface area (Å²) < 4.78 is 42.6. The number of ether oxygens (including phenoxy) is 1. The zero-order valence-electron chi connectivity index (χ0n) is 11.4. The monoisotopic (exact) mass is 305 g/mol. The van der Waals surface area contributed by atoms with E-state index < -0.39 is 17.8 Å². The molecule has 21 heavy (non-hydrogen) atoms. The van der Waals surface area contributed by atoms with Gasteiger partial charge >= 0.3 is 12.2 Å². The highest BCUT2D eigenvalue weighted by Gasteiger charge is 2.30. The molecule has 0 aliphatic rings. The molecule has 0 aliphatic heterocycles. The van der Waals surface area contributed by atoms with E-state index in [1.807, 2.05) is 0 Å². The van der Waals surface area contributed by atoms with Crippen LogP contribution < -0.4 is 16.4 Å². The Bertz CT molecular complexity index is 453. The molecule has 118 valence electrons. The number of halogens is 3. The lowest BCUT2D eigenvalue weighted by molar-refractivity contribution is -0.137. The number of hydrogen-bond acceptors (Lipinski definition) is 3. The molecular formula is C13H18F3N3O2. The summed E-state index contributed by atoms with van der Waals surface area (Å²) in [6, 6.07) is 3.88. The number of urea groups is 1. The minimum absolute atomic E-state index is 0.0849. The van der Waals surface area contributed by atoms with Crippen LogP contribution in [0.15, 0.2) is 24.3 Å². The first-order chi connectivity index (χ1) is 9.93. The number of amides is 2. The van der Waals surface area contributed by atoms with Crippen LogP contribution in [-0.2, 0) is 10.9 Å². The fraction of sp³-hybridized carbons (Fsp3) is 0.462. The topological polar surface area (TPSA) is 76.4 Å². The van der Waals surface area contributed by atoms with Crippen LogP contribution in [0.5, 0.6) is 0 Å². The van der Waals surface area contributed by atoms with Gasteiger partial charge in [0.05, 0.1) is 12.2 Å². The summed E-state index contributed by atoms with van der Waals surface area (Å²) in [5.74, 6) is 0. The molecule has 4 N–H and O–H groups in total. The van der Waals surface area contributed by atoms with Crippen molar-refractivity contribution in [2.75, 3.05) is 31.6 Å². The predicted octanol–water partition coefficient (Wildman–Crippen LogP) is 2.19. The Balaban J connectivity index is 2.35. The van der Waals surface area contributed by atoms with Gasteiger partial charge in [-0.1, -0.05) is 6.07 Å². The summed E-state index contributed by atoms with van der Waals surface area (Å²) in [6.45, 7) is 1.70. The zero-order valence-corrected chi connectivity index (χ0v) is 11.4. The lowest BCUT2D eigenvalue weighted by atomic mass is 10.2. The number of nitrogens with one attached hydrogen (secondary N) is 2. The molecule has 0 unspecified atom stereocenters. The maximum absolute atomic E-state index is 12.5. The van der Waals surface area contributed by atoms with E-state index in [1.54, 1.807) is 0 Å². The minimum Gasteiger partial charge on any atom is -0.380 e. The Morgan fingerprint density at radius 1 is 1.29 bits per heavy atom. The molecule has 0 radical (unpaired) electrons. The van der Waals surface area contributed by atoms with Gasteiger partial charge in [0.25, 0.3) is 0 Å². The Morgan fingerprint density at radius 3 is 2.71 bits per heavy atom. The van der Waals surface area contributed by atoms with E-state index in [4.69, 9.17) is 10.5 Å². The summed E-state index contributed by atoms with van der Waals surface area (Å²) in [7, 11) is 0. The second kappa shape index (κ2) is 8.48. The highest BCUT2D eigenvalue weighted by Crippen LogP contribution is 2.30. The predicted molar refractivity (Wildman–Crippen MR) is 73.0 cm³/mol. The standard InChI is InChI=1S/C13H18F3N3O2/c14-13(15,16)10-3-1-4-11(9-10)19-12(20)18-6-2-7-21-8-5-17/h1,3-4,9H,2,5-8,17H2,(H2,18,19,20). The number of hydrogen-bond donors (Lipinski definition) is 3. The third-order valence-electron chi connectivity index (χ3n) is 2.46. The van der Waals surface area contributed by atoms with Crippen molar-refractivity contribution in [3.63, 3.8) is 0 Å². The van der Waals surface area contributed by atoms with E-state index >= 15 is 0 Å². The third kappa shape index (κ3) is 6.96. The van der Waals surface area contributed by atoms with E-state index in [1.165, 1.54) is 12.1 Å². The number of carbonyl (C=O) groups excluding carboxylic acids is 1. The Morgan fingerprint density at radius 2 is 2.05 bits per heavy atom. The molecule has 0 spiro atoms. The molecule has 0 atom stereocenters. The van der Waals surface area contributed by atoms with Crippen molar-refractivity contribution in [3.8, 4) is 0 Å². The first-order valence-corrected chi connectivity index (χ1v) is 6.43. The van der Waals surface area contributed by atoms with Crippen molar-refractivity contribution in [3.05, 3.63) is 29.8 Å². The van der Waals surface area contributed by atoms with E-state index in [2.05, 4.69) is 10.6 Å². The lowest BCUT2D eigenvalue weighted by Crippen LogP contribution is -2.30. The maximum atomic E-state index is 12.5. The molecule has 1 aromatic rings. The van der Waals surface area contributed by atoms with E-state index in [-0.39, 0.29) is 5.69 Å². The number of nitrogens with two attached hydrogens (primary N) is 1. The van der Waals surface area contributed by atoms with Crippen molar-refractivity contribution < 1.29 is 22.7 Å². The Labute approximate surface area is 120 Å². The quantitative estimate of drug-likeness (QED) is 0.676. The Kier molecular flexibility index (Phi) is 6.97. The van der Waals surface area contributed by atoms with Gasteiger partial charge < -0.3 is 21.1 Å². The molecule has 8 heteroatoms. The molecule has 5 nitrogen and oxygen atoms in total. The van der Waals surface area contributed by atoms with Gasteiger partial charge in [0, 0.05) is 25.4 Å². The number of benzene rings is 1. The van der Waals surface area contributed by atoms with Gasteiger partial charge in [0.2, 0.25) is 0 Å². The van der Waals surface area contributed by atoms with Crippen LogP contribution in [-0.4, -0.2) is 32.3 Å². The highest BCUT2D eigenvalue weighted by molar-refractivity contribution is 5.89. The van der Waals surface area contributed by atoms with Crippen molar-refractivity contribution in [2.24, 2.45) is 5.73 Å². The summed E-state index contributed by atoms with van der Waals surface area (Å²) in [4.78, 5) is 11.5. The van der Waals surface area contributed by atoms with Crippen LogP contribution in [0.4, 0.5) is 23.7 Å². The normalized spacial score (nSPS) is 11.2. The van der Waals surface area contributed by atoms with Crippen LogP contribution >= 0.6 is 0 Å². The van der Waals surface area contributed by atoms with Crippen LogP contribution in [0, 0.1) is 0 Å². The number of alkyl halides is 3. The second-order valence-electron chi connectivity index (χ2n) is 4.21. The first-order valence-electron chi connectivity index (χ1n) is 6.43. The van der Waals surface area contributed by atoms with Gasteiger partial charge in [-0.15, -0.1) is 0 Å². The molecule has 0 aromatic heterocycles. The summed E-state index contributed by atoms with van der Waals surface area (Å²) in [5.41, 5.74) is 4.51. The van der Waals surface area contributed by atoms with Crippen molar-refractivity contribution in [1.82, 2.24) is 5.32 Å². The molecule has 0 heterocycles. The number of anilines is 1. The molecule has 0 saturated heterocycles. The smallest absolute Gasteiger partial charge is 0.380 e. The highest BCUT2D eigenvalue weighted by atomic mass is 19.4. The van der Waals surface area contributed by atoms with E-state index in [0.29, 0.717) is 32.7 Å². The molecular weight excluding hydrogens is 287 g/mol. The average molecular weight is 305 g/mol. The summed E-state index contributed by atoms with van der Waals surface area (Å²) in [5, 5.41) is 4.87. The Hall–Kier alpha value is -1.80. The summed E-state index contributed by atoms with van der Waals surface area (Å²) >= 11 is 0. The molecule has 1 rings (SSSR count). The lowest BCUT2D eigenvalue weighted by Gasteiger charge is -2.10. The van der Waals surface area contributed by atoms with Gasteiger partial charge in [0.1, 0.15) is 0 Å². The van der Waals surface area contributed by atoms with Crippen LogP contribution in [0.25, 0.3) is 0 Å². The average Bonchev–Trinajstić information content (AvgIpc) is 2.42. The molecule has 1 aromatic carbocycles. The fourth-order valence-corrected chi connectivity index (χ4v) is 1.51. The molecule has 0 aliphatic carbocycles. The minimum atomic E-state index is -4.44. The molecule has 0 saturated carbocycles. The molecule has 0 fully saturated rings. The van der Waals surface area contributed by atoms with Crippen LogP contribution in [0.1, 0.15) is 12.0 Å². The number of carbonyl (C=O) groups is 1. The SMILES string of the molecule is NCCOCCCNC(=O)Nc1cccc(C(F)(F)F)c1. The van der Waals surface area contributed by atoms with Gasteiger partial charge in [0.15, 0.2) is 0 Å². The van der Waals surface area contributed by atoms with E-state index in [9.17, 15) is 18.0 Å². The molecule has 0 bridgehead atoms. The van der Waals surface area contributed by atoms with Crippen molar-refractivity contribution >= 4 is 11.7 Å². The summed E-state index contributed by atoms with van der Waals surface area (Å²) in [6.07, 6.45) is -3.84. The number of rotatable bonds is 7. The van der Waals surface area contributed by atoms with Gasteiger partial charge in [-0.05, 0) is 24.6 Å². The van der Waals surface area contributed by atoms with E-state index in [0.717, 1.165) is 12.1 Å². The van der Waals surface area contributed by atoms with Crippen molar-refractivity contribution in [2.45, 2.75) is 12.6 Å². The van der Waals surface area contributed by atoms with Crippen LogP contribution in [0.2, 0.25) is 0 Å². The van der Waals surface area contributed by atoms with Gasteiger partial charge in [-0.25, -0.2) is 4.79 Å². The third-order valence-corrected chi connectivity index (χ3v) is 2.46. The van der Waals surface area contributed by atoms with Gasteiger partial charge in [-0.2, -0.15) is 13.2 Å². The fourth-order valence-electron chi connectivity index (χ4n) is 1.51. The van der Waals surface area contributed by atoms with Crippen molar-refractivity contribution in [1.29, 1.82) is 0 Å². The largest absolute Gasteiger partial charge is 0.416 e. The maximum Gasteiger partial charge on any atom is 0.416 e. The molecule has 2 amide bonds.